The molecule has 0 saturated carbocycles. The molecule has 0 aliphatic heterocycles. The second-order valence-electron chi connectivity index (χ2n) is 7.76. The SMILES string of the molecule is CCOc1ccc([C@@H](C)NC(=O)[C@@H](C)Oc2cc(C)ccc2C(C)C)cc1OCC. The topological polar surface area (TPSA) is 56.8 Å². The Kier molecular flexibility index (Phi) is 8.58. The molecule has 2 aromatic carbocycles. The van der Waals surface area contributed by atoms with Crippen molar-refractivity contribution in [2.24, 2.45) is 0 Å². The Morgan fingerprint density at radius 2 is 1.57 bits per heavy atom. The summed E-state index contributed by atoms with van der Waals surface area (Å²) in [5.41, 5.74) is 3.15. The highest BCUT2D eigenvalue weighted by Gasteiger charge is 2.20. The quantitative estimate of drug-likeness (QED) is 0.554. The summed E-state index contributed by atoms with van der Waals surface area (Å²) in [7, 11) is 0. The predicted octanol–water partition coefficient (Wildman–Crippen LogP) is 5.56. The summed E-state index contributed by atoms with van der Waals surface area (Å²) in [6, 6.07) is 11.7. The van der Waals surface area contributed by atoms with Gasteiger partial charge in [-0.05, 0) is 75.4 Å². The average Bonchev–Trinajstić information content (AvgIpc) is 2.69. The van der Waals surface area contributed by atoms with Gasteiger partial charge < -0.3 is 19.5 Å². The largest absolute Gasteiger partial charge is 0.490 e. The molecule has 2 atom stereocenters. The zero-order chi connectivity index (χ0) is 22.3. The Morgan fingerprint density at radius 3 is 2.20 bits per heavy atom. The highest BCUT2D eigenvalue weighted by atomic mass is 16.5. The predicted molar refractivity (Wildman–Crippen MR) is 121 cm³/mol. The van der Waals surface area contributed by atoms with Gasteiger partial charge in [-0.1, -0.05) is 32.0 Å². The number of aryl methyl sites for hydroxylation is 1. The molecular weight excluding hydrogens is 378 g/mol. The van der Waals surface area contributed by atoms with Crippen molar-refractivity contribution < 1.29 is 19.0 Å². The van der Waals surface area contributed by atoms with Gasteiger partial charge in [0.25, 0.3) is 5.91 Å². The number of nitrogens with one attached hydrogen (secondary N) is 1. The highest BCUT2D eigenvalue weighted by Crippen LogP contribution is 2.31. The van der Waals surface area contributed by atoms with Crippen LogP contribution in [0.15, 0.2) is 36.4 Å². The molecule has 2 rings (SSSR count). The average molecular weight is 414 g/mol. The lowest BCUT2D eigenvalue weighted by Gasteiger charge is -2.22. The van der Waals surface area contributed by atoms with E-state index in [-0.39, 0.29) is 11.9 Å². The van der Waals surface area contributed by atoms with Crippen molar-refractivity contribution in [3.8, 4) is 17.2 Å². The molecule has 0 fully saturated rings. The van der Waals surface area contributed by atoms with Crippen LogP contribution in [0, 0.1) is 6.92 Å². The first-order valence-corrected chi connectivity index (χ1v) is 10.7. The van der Waals surface area contributed by atoms with E-state index in [4.69, 9.17) is 14.2 Å². The number of rotatable bonds is 10. The lowest BCUT2D eigenvalue weighted by molar-refractivity contribution is -0.127. The molecule has 0 unspecified atom stereocenters. The van der Waals surface area contributed by atoms with Crippen LogP contribution in [0.3, 0.4) is 0 Å². The van der Waals surface area contributed by atoms with E-state index in [0.717, 1.165) is 22.4 Å². The molecule has 0 aromatic heterocycles. The molecule has 0 radical (unpaired) electrons. The van der Waals surface area contributed by atoms with Crippen molar-refractivity contribution in [2.75, 3.05) is 13.2 Å². The summed E-state index contributed by atoms with van der Waals surface area (Å²) >= 11 is 0. The number of benzene rings is 2. The van der Waals surface area contributed by atoms with Crippen molar-refractivity contribution in [3.05, 3.63) is 53.1 Å². The minimum Gasteiger partial charge on any atom is -0.490 e. The van der Waals surface area contributed by atoms with Crippen LogP contribution >= 0.6 is 0 Å². The molecule has 0 spiro atoms. The van der Waals surface area contributed by atoms with Gasteiger partial charge in [-0.3, -0.25) is 4.79 Å². The van der Waals surface area contributed by atoms with E-state index in [1.54, 1.807) is 6.92 Å². The Hall–Kier alpha value is -2.69. The number of hydrogen-bond acceptors (Lipinski definition) is 4. The van der Waals surface area contributed by atoms with E-state index in [2.05, 4.69) is 31.3 Å². The Morgan fingerprint density at radius 1 is 0.900 bits per heavy atom. The van der Waals surface area contributed by atoms with E-state index >= 15 is 0 Å². The van der Waals surface area contributed by atoms with Gasteiger partial charge in [0.2, 0.25) is 0 Å². The fraction of sp³-hybridized carbons (Fsp3) is 0.480. The molecule has 5 heteroatoms. The van der Waals surface area contributed by atoms with Gasteiger partial charge in [-0.15, -0.1) is 0 Å². The van der Waals surface area contributed by atoms with Gasteiger partial charge in [0.15, 0.2) is 17.6 Å². The fourth-order valence-electron chi connectivity index (χ4n) is 3.22. The Bertz CT molecular complexity index is 847. The summed E-state index contributed by atoms with van der Waals surface area (Å²) in [6.45, 7) is 15.0. The summed E-state index contributed by atoms with van der Waals surface area (Å²) in [5, 5.41) is 3.04. The number of hydrogen-bond donors (Lipinski definition) is 1. The molecular formula is C25H35NO4. The minimum absolute atomic E-state index is 0.162. The summed E-state index contributed by atoms with van der Waals surface area (Å²) < 4.78 is 17.4. The third kappa shape index (κ3) is 6.15. The van der Waals surface area contributed by atoms with E-state index in [0.29, 0.717) is 30.6 Å². The van der Waals surface area contributed by atoms with Crippen LogP contribution in [0.5, 0.6) is 17.2 Å². The fourth-order valence-corrected chi connectivity index (χ4v) is 3.22. The van der Waals surface area contributed by atoms with E-state index in [1.807, 2.05) is 52.0 Å². The Balaban J connectivity index is 2.10. The van der Waals surface area contributed by atoms with Crippen molar-refractivity contribution in [2.45, 2.75) is 66.5 Å². The Labute approximate surface area is 180 Å². The van der Waals surface area contributed by atoms with Crippen molar-refractivity contribution in [1.82, 2.24) is 5.32 Å². The first-order chi connectivity index (χ1) is 14.3. The van der Waals surface area contributed by atoms with Crippen LogP contribution < -0.4 is 19.5 Å². The molecule has 2 aromatic rings. The molecule has 0 saturated heterocycles. The zero-order valence-electron chi connectivity index (χ0n) is 19.2. The second-order valence-corrected chi connectivity index (χ2v) is 7.76. The van der Waals surface area contributed by atoms with Crippen LogP contribution in [-0.2, 0) is 4.79 Å². The summed E-state index contributed by atoms with van der Waals surface area (Å²) in [5.74, 6) is 2.31. The van der Waals surface area contributed by atoms with Crippen LogP contribution in [0.1, 0.15) is 70.2 Å². The smallest absolute Gasteiger partial charge is 0.261 e. The van der Waals surface area contributed by atoms with Crippen LogP contribution in [0.25, 0.3) is 0 Å². The monoisotopic (exact) mass is 413 g/mol. The van der Waals surface area contributed by atoms with Gasteiger partial charge in [-0.2, -0.15) is 0 Å². The number of amides is 1. The molecule has 1 N–H and O–H groups in total. The van der Waals surface area contributed by atoms with Gasteiger partial charge in [0, 0.05) is 0 Å². The third-order valence-corrected chi connectivity index (χ3v) is 4.89. The lowest BCUT2D eigenvalue weighted by Crippen LogP contribution is -2.38. The molecule has 5 nitrogen and oxygen atoms in total. The van der Waals surface area contributed by atoms with Crippen LogP contribution in [0.4, 0.5) is 0 Å². The molecule has 1 amide bonds. The van der Waals surface area contributed by atoms with E-state index in [1.165, 1.54) is 0 Å². The maximum atomic E-state index is 12.8. The number of carbonyl (C=O) groups is 1. The van der Waals surface area contributed by atoms with Crippen molar-refractivity contribution in [3.63, 3.8) is 0 Å². The lowest BCUT2D eigenvalue weighted by atomic mass is 10.0. The summed E-state index contributed by atoms with van der Waals surface area (Å²) in [6.07, 6.45) is -0.610. The molecule has 0 heterocycles. The minimum atomic E-state index is -0.610. The van der Waals surface area contributed by atoms with Crippen molar-refractivity contribution >= 4 is 5.91 Å². The zero-order valence-corrected chi connectivity index (χ0v) is 19.2. The maximum absolute atomic E-state index is 12.8. The number of carbonyl (C=O) groups excluding carboxylic acids is 1. The normalized spacial score (nSPS) is 12.9. The first kappa shape index (κ1) is 23.6. The van der Waals surface area contributed by atoms with Gasteiger partial charge in [0.05, 0.1) is 19.3 Å². The van der Waals surface area contributed by atoms with Gasteiger partial charge >= 0.3 is 0 Å². The maximum Gasteiger partial charge on any atom is 0.261 e. The second kappa shape index (κ2) is 10.9. The summed E-state index contributed by atoms with van der Waals surface area (Å²) in [4.78, 5) is 12.8. The van der Waals surface area contributed by atoms with Crippen molar-refractivity contribution in [1.29, 1.82) is 0 Å². The van der Waals surface area contributed by atoms with E-state index < -0.39 is 6.10 Å². The standard InChI is InChI=1S/C25H35NO4/c1-8-28-22-13-11-20(15-24(22)29-9-2)18(6)26-25(27)19(7)30-23-14-17(5)10-12-21(23)16(3)4/h10-16,18-19H,8-9H2,1-7H3,(H,26,27)/t18-,19-/m1/s1. The molecule has 164 valence electrons. The molecule has 30 heavy (non-hydrogen) atoms. The number of ether oxygens (including phenoxy) is 3. The first-order valence-electron chi connectivity index (χ1n) is 10.7. The molecule has 0 bridgehead atoms. The van der Waals surface area contributed by atoms with E-state index in [9.17, 15) is 4.79 Å². The van der Waals surface area contributed by atoms with Crippen LogP contribution in [0.2, 0.25) is 0 Å². The van der Waals surface area contributed by atoms with Gasteiger partial charge in [0.1, 0.15) is 5.75 Å². The molecule has 0 aliphatic carbocycles. The third-order valence-electron chi connectivity index (χ3n) is 4.89. The van der Waals surface area contributed by atoms with Gasteiger partial charge in [-0.25, -0.2) is 0 Å². The van der Waals surface area contributed by atoms with Crippen LogP contribution in [-0.4, -0.2) is 25.2 Å². The molecule has 0 aliphatic rings. The highest BCUT2D eigenvalue weighted by molar-refractivity contribution is 5.81.